The van der Waals surface area contributed by atoms with Crippen LogP contribution in [-0.2, 0) is 21.4 Å². The maximum atomic E-state index is 13.3. The van der Waals surface area contributed by atoms with Gasteiger partial charge in [-0.1, -0.05) is 18.2 Å². The van der Waals surface area contributed by atoms with E-state index in [1.54, 1.807) is 45.6 Å². The molecule has 0 radical (unpaired) electrons. The molecule has 0 spiro atoms. The molecule has 8 heteroatoms. The maximum absolute atomic E-state index is 13.3. The zero-order valence-corrected chi connectivity index (χ0v) is 19.4. The molecule has 8 nitrogen and oxygen atoms in total. The fraction of sp³-hybridized carbons (Fsp3) is 0.423. The first-order valence-corrected chi connectivity index (χ1v) is 11.4. The number of methoxy groups -OCH3 is 3. The first-order valence-electron chi connectivity index (χ1n) is 11.4. The van der Waals surface area contributed by atoms with Gasteiger partial charge in [-0.15, -0.1) is 0 Å². The van der Waals surface area contributed by atoms with Gasteiger partial charge in [-0.2, -0.15) is 0 Å². The summed E-state index contributed by atoms with van der Waals surface area (Å²) in [4.78, 5) is 15.6. The van der Waals surface area contributed by atoms with Crippen molar-refractivity contribution in [1.29, 1.82) is 0 Å². The van der Waals surface area contributed by atoms with Gasteiger partial charge in [0.15, 0.2) is 11.5 Å². The van der Waals surface area contributed by atoms with E-state index in [0.717, 1.165) is 17.5 Å². The van der Waals surface area contributed by atoms with Crippen molar-refractivity contribution in [3.05, 3.63) is 59.2 Å². The third-order valence-corrected chi connectivity index (χ3v) is 7.58. The van der Waals surface area contributed by atoms with Crippen LogP contribution in [0.15, 0.2) is 42.5 Å². The summed E-state index contributed by atoms with van der Waals surface area (Å²) in [5, 5.41) is 0. The lowest BCUT2D eigenvalue weighted by atomic mass is 9.65. The molecule has 4 aliphatic rings. The maximum Gasteiger partial charge on any atom is 0.338 e. The number of ether oxygens (including phenoxy) is 6. The Kier molecular flexibility index (Phi) is 4.97. The molecule has 2 aromatic rings. The molecule has 0 amide bonds. The molecular weight excluding hydrogens is 438 g/mol. The minimum atomic E-state index is -0.550. The molecule has 1 unspecified atom stereocenters. The Hall–Kier alpha value is -3.23. The monoisotopic (exact) mass is 465 g/mol. The number of carbonyl (C=O) groups is 1. The number of nitrogens with zero attached hydrogens (tertiary/aromatic N) is 1. The second kappa shape index (κ2) is 7.92. The average molecular weight is 466 g/mol. The van der Waals surface area contributed by atoms with E-state index in [1.165, 1.54) is 0 Å². The molecule has 0 saturated carbocycles. The molecule has 34 heavy (non-hydrogen) atoms. The second-order valence-corrected chi connectivity index (χ2v) is 9.04. The molecule has 1 saturated heterocycles. The normalized spacial score (nSPS) is 29.9. The van der Waals surface area contributed by atoms with Crippen LogP contribution in [0.3, 0.4) is 0 Å². The van der Waals surface area contributed by atoms with Crippen LogP contribution >= 0.6 is 0 Å². The molecule has 0 aromatic heterocycles. The van der Waals surface area contributed by atoms with E-state index in [4.69, 9.17) is 28.4 Å². The number of hydrogen-bond donors (Lipinski definition) is 0. The van der Waals surface area contributed by atoms with Crippen molar-refractivity contribution in [3.63, 3.8) is 0 Å². The van der Waals surface area contributed by atoms with Crippen molar-refractivity contribution >= 4 is 5.97 Å². The highest BCUT2D eigenvalue weighted by atomic mass is 16.7. The van der Waals surface area contributed by atoms with E-state index in [2.05, 4.69) is 17.1 Å². The summed E-state index contributed by atoms with van der Waals surface area (Å²) >= 11 is 0. The van der Waals surface area contributed by atoms with Crippen molar-refractivity contribution < 1.29 is 33.2 Å². The lowest BCUT2D eigenvalue weighted by Gasteiger charge is -2.46. The van der Waals surface area contributed by atoms with E-state index in [9.17, 15) is 4.79 Å². The highest BCUT2D eigenvalue weighted by molar-refractivity contribution is 5.90. The zero-order chi connectivity index (χ0) is 23.4. The molecule has 3 heterocycles. The largest absolute Gasteiger partial charge is 0.497 e. The van der Waals surface area contributed by atoms with E-state index < -0.39 is 11.5 Å². The van der Waals surface area contributed by atoms with Crippen molar-refractivity contribution in [3.8, 4) is 23.0 Å². The molecule has 2 bridgehead atoms. The van der Waals surface area contributed by atoms with Gasteiger partial charge in [0.05, 0.1) is 31.3 Å². The minimum Gasteiger partial charge on any atom is -0.497 e. The lowest BCUT2D eigenvalue weighted by Crippen LogP contribution is -2.53. The fourth-order valence-electron chi connectivity index (χ4n) is 6.02. The molecule has 1 aliphatic carbocycles. The van der Waals surface area contributed by atoms with Gasteiger partial charge in [0.1, 0.15) is 11.9 Å². The third-order valence-electron chi connectivity index (χ3n) is 7.58. The summed E-state index contributed by atoms with van der Waals surface area (Å²) in [6.45, 7) is 1.43. The van der Waals surface area contributed by atoms with Crippen LogP contribution in [0.5, 0.6) is 23.0 Å². The Morgan fingerprint density at radius 2 is 2.03 bits per heavy atom. The zero-order valence-electron chi connectivity index (χ0n) is 19.4. The van der Waals surface area contributed by atoms with Gasteiger partial charge in [-0.05, 0) is 36.2 Å². The van der Waals surface area contributed by atoms with Gasteiger partial charge in [-0.3, -0.25) is 4.90 Å². The highest BCUT2D eigenvalue weighted by Gasteiger charge is 2.61. The summed E-state index contributed by atoms with van der Waals surface area (Å²) in [6.07, 6.45) is 4.66. The summed E-state index contributed by atoms with van der Waals surface area (Å²) in [6, 6.07) is 9.19. The highest BCUT2D eigenvalue weighted by Crippen LogP contribution is 2.58. The standard InChI is InChI=1S/C26H27NO7/c1-29-16-6-4-5-15(9-16)25(28)34-22-13-27-12-18-19(11-20-24(23(18)31-3)33-14-32-20)26(22)8-7-17(30-2)10-21(26)27/h4-9,11,17,21-22H,10,12-14H2,1-3H3/t17-,21-,22+,26+/m0/s1. The molecule has 0 N–H and O–H groups in total. The first-order chi connectivity index (χ1) is 16.6. The van der Waals surface area contributed by atoms with E-state index in [0.29, 0.717) is 41.7 Å². The van der Waals surface area contributed by atoms with Crippen molar-refractivity contribution in [1.82, 2.24) is 4.90 Å². The van der Waals surface area contributed by atoms with Crippen LogP contribution in [0.25, 0.3) is 0 Å². The Balaban J connectivity index is 1.46. The van der Waals surface area contributed by atoms with Gasteiger partial charge in [0.2, 0.25) is 12.5 Å². The predicted molar refractivity (Wildman–Crippen MR) is 122 cm³/mol. The van der Waals surface area contributed by atoms with Crippen LogP contribution in [-0.4, -0.2) is 63.8 Å². The molecule has 2 aromatic carbocycles. The fourth-order valence-corrected chi connectivity index (χ4v) is 6.02. The van der Waals surface area contributed by atoms with Gasteiger partial charge >= 0.3 is 5.97 Å². The summed E-state index contributed by atoms with van der Waals surface area (Å²) in [7, 11) is 4.95. The molecule has 178 valence electrons. The topological polar surface area (TPSA) is 75.7 Å². The SMILES string of the molecule is COc1cccc(C(=O)O[C@@H]2CN3Cc4c(cc5c(c4OC)OCO5)[C@@]24C=C[C@H](OC)C[C@H]34)c1. The van der Waals surface area contributed by atoms with Crippen molar-refractivity contribution in [2.24, 2.45) is 0 Å². The molecule has 5 atom stereocenters. The Morgan fingerprint density at radius 3 is 2.82 bits per heavy atom. The summed E-state index contributed by atoms with van der Waals surface area (Å²) in [5.74, 6) is 2.22. The number of esters is 1. The number of carbonyl (C=O) groups excluding carboxylic acids is 1. The van der Waals surface area contributed by atoms with E-state index in [-0.39, 0.29) is 24.9 Å². The molecular formula is C26H27NO7. The van der Waals surface area contributed by atoms with E-state index in [1.807, 2.05) is 6.07 Å². The number of fused-ring (bicyclic) bond motifs is 2. The quantitative estimate of drug-likeness (QED) is 0.493. The van der Waals surface area contributed by atoms with Crippen LogP contribution in [0.4, 0.5) is 0 Å². The lowest BCUT2D eigenvalue weighted by molar-refractivity contribution is 0.0187. The molecule has 6 rings (SSSR count). The van der Waals surface area contributed by atoms with Crippen molar-refractivity contribution in [2.45, 2.75) is 36.6 Å². The second-order valence-electron chi connectivity index (χ2n) is 9.04. The molecule has 3 aliphatic heterocycles. The Morgan fingerprint density at radius 1 is 1.15 bits per heavy atom. The molecule has 1 fully saturated rings. The van der Waals surface area contributed by atoms with Crippen LogP contribution < -0.4 is 18.9 Å². The summed E-state index contributed by atoms with van der Waals surface area (Å²) in [5.41, 5.74) is 2.01. The summed E-state index contributed by atoms with van der Waals surface area (Å²) < 4.78 is 34.5. The van der Waals surface area contributed by atoms with Gasteiger partial charge in [0.25, 0.3) is 0 Å². The van der Waals surface area contributed by atoms with Gasteiger partial charge in [0, 0.05) is 31.8 Å². The first kappa shape index (κ1) is 21.3. The Bertz CT molecular complexity index is 1180. The number of benzene rings is 2. The van der Waals surface area contributed by atoms with Gasteiger partial charge in [-0.25, -0.2) is 4.79 Å². The van der Waals surface area contributed by atoms with Crippen LogP contribution in [0.2, 0.25) is 0 Å². The predicted octanol–water partition coefficient (Wildman–Crippen LogP) is 3.07. The third kappa shape index (κ3) is 2.95. The number of hydrogen-bond acceptors (Lipinski definition) is 8. The minimum absolute atomic E-state index is 0.00548. The average Bonchev–Trinajstić information content (AvgIpc) is 3.43. The van der Waals surface area contributed by atoms with Gasteiger partial charge < -0.3 is 28.4 Å². The van der Waals surface area contributed by atoms with Crippen molar-refractivity contribution in [2.75, 3.05) is 34.7 Å². The smallest absolute Gasteiger partial charge is 0.338 e. The number of rotatable bonds is 5. The van der Waals surface area contributed by atoms with Crippen LogP contribution in [0.1, 0.15) is 27.9 Å². The van der Waals surface area contributed by atoms with Crippen LogP contribution in [0, 0.1) is 0 Å². The Labute approximate surface area is 197 Å². The van der Waals surface area contributed by atoms with E-state index >= 15 is 0 Å².